The Labute approximate surface area is 113 Å². The van der Waals surface area contributed by atoms with Crippen molar-refractivity contribution in [1.82, 2.24) is 9.71 Å². The van der Waals surface area contributed by atoms with Crippen molar-refractivity contribution in [2.24, 2.45) is 11.7 Å². The topological polar surface area (TPSA) is 85.1 Å². The van der Waals surface area contributed by atoms with Crippen LogP contribution in [0, 0.1) is 11.7 Å². The summed E-state index contributed by atoms with van der Waals surface area (Å²) in [7, 11) is -3.90. The van der Waals surface area contributed by atoms with Gasteiger partial charge in [-0.1, -0.05) is 13.3 Å². The first kappa shape index (κ1) is 16.0. The Kier molecular flexibility index (Phi) is 6.33. The molecule has 0 amide bonds. The largest absolute Gasteiger partial charge is 0.330 e. The maximum Gasteiger partial charge on any atom is 0.261 e. The van der Waals surface area contributed by atoms with Crippen molar-refractivity contribution in [2.45, 2.75) is 31.2 Å². The number of pyridine rings is 1. The second-order valence-corrected chi connectivity index (χ2v) is 6.06. The number of sulfonamides is 1. The Bertz CT molecular complexity index is 488. The van der Waals surface area contributed by atoms with Crippen molar-refractivity contribution >= 4 is 10.0 Å². The summed E-state index contributed by atoms with van der Waals surface area (Å²) in [4.78, 5) is 3.57. The first-order valence-corrected chi connectivity index (χ1v) is 7.79. The molecule has 0 aliphatic carbocycles. The minimum absolute atomic E-state index is 0.163. The van der Waals surface area contributed by atoms with E-state index in [0.717, 1.165) is 25.3 Å². The average molecular weight is 289 g/mol. The first-order chi connectivity index (χ1) is 9.01. The van der Waals surface area contributed by atoms with Crippen molar-refractivity contribution < 1.29 is 12.8 Å². The Balaban J connectivity index is 2.72. The average Bonchev–Trinajstić information content (AvgIpc) is 2.37. The van der Waals surface area contributed by atoms with Gasteiger partial charge in [0, 0.05) is 12.7 Å². The van der Waals surface area contributed by atoms with Gasteiger partial charge in [-0.3, -0.25) is 0 Å². The fourth-order valence-electron chi connectivity index (χ4n) is 1.86. The van der Waals surface area contributed by atoms with Crippen LogP contribution in [0.5, 0.6) is 0 Å². The van der Waals surface area contributed by atoms with E-state index in [0.29, 0.717) is 6.54 Å². The number of aromatic nitrogens is 1. The molecule has 1 aromatic rings. The molecular weight excluding hydrogens is 269 g/mol. The van der Waals surface area contributed by atoms with Gasteiger partial charge in [-0.05, 0) is 37.4 Å². The zero-order chi connectivity index (χ0) is 14.3. The molecule has 1 heterocycles. The predicted octanol–water partition coefficient (Wildman–Crippen LogP) is 1.26. The smallest absolute Gasteiger partial charge is 0.261 e. The molecule has 1 aromatic heterocycles. The summed E-state index contributed by atoms with van der Waals surface area (Å²) in [5, 5.41) is -0.557. The van der Waals surface area contributed by atoms with Gasteiger partial charge in [0.05, 0.1) is 0 Å². The molecule has 0 bridgehead atoms. The molecule has 0 aliphatic heterocycles. The Morgan fingerprint density at radius 3 is 2.79 bits per heavy atom. The van der Waals surface area contributed by atoms with Crippen molar-refractivity contribution in [3.8, 4) is 0 Å². The maximum absolute atomic E-state index is 13.4. The maximum atomic E-state index is 13.4. The molecule has 1 rings (SSSR count). The Morgan fingerprint density at radius 2 is 2.21 bits per heavy atom. The van der Waals surface area contributed by atoms with E-state index in [1.54, 1.807) is 0 Å². The monoisotopic (exact) mass is 289 g/mol. The number of nitrogens with zero attached hydrogens (tertiary/aromatic N) is 1. The summed E-state index contributed by atoms with van der Waals surface area (Å²) in [6.45, 7) is 2.78. The minimum Gasteiger partial charge on any atom is -0.330 e. The molecule has 1 unspecified atom stereocenters. The number of rotatable bonds is 8. The molecule has 0 aromatic carbocycles. The lowest BCUT2D eigenvalue weighted by molar-refractivity contribution is 0.442. The van der Waals surface area contributed by atoms with E-state index in [9.17, 15) is 12.8 Å². The van der Waals surface area contributed by atoms with Crippen LogP contribution in [0.4, 0.5) is 4.39 Å². The van der Waals surface area contributed by atoms with Gasteiger partial charge in [0.1, 0.15) is 0 Å². The van der Waals surface area contributed by atoms with Gasteiger partial charge in [-0.2, -0.15) is 0 Å². The summed E-state index contributed by atoms with van der Waals surface area (Å²) in [5.41, 5.74) is 5.48. The highest BCUT2D eigenvalue weighted by atomic mass is 32.2. The van der Waals surface area contributed by atoms with Crippen molar-refractivity contribution in [3.05, 3.63) is 24.1 Å². The van der Waals surface area contributed by atoms with Crippen LogP contribution < -0.4 is 10.5 Å². The van der Waals surface area contributed by atoms with Gasteiger partial charge in [-0.25, -0.2) is 22.5 Å². The summed E-state index contributed by atoms with van der Waals surface area (Å²) in [5.74, 6) is -0.683. The molecule has 19 heavy (non-hydrogen) atoms. The second kappa shape index (κ2) is 7.52. The van der Waals surface area contributed by atoms with Gasteiger partial charge in [-0.15, -0.1) is 0 Å². The van der Waals surface area contributed by atoms with E-state index in [-0.39, 0.29) is 12.5 Å². The molecule has 1 atom stereocenters. The van der Waals surface area contributed by atoms with Crippen LogP contribution in [-0.4, -0.2) is 26.5 Å². The third-order valence-corrected chi connectivity index (χ3v) is 4.17. The fourth-order valence-corrected chi connectivity index (χ4v) is 2.97. The molecule has 7 heteroatoms. The second-order valence-electron chi connectivity index (χ2n) is 4.37. The van der Waals surface area contributed by atoms with Crippen LogP contribution in [0.3, 0.4) is 0 Å². The molecular formula is C12H20FN3O2S. The summed E-state index contributed by atoms with van der Waals surface area (Å²) in [6, 6.07) is 2.42. The van der Waals surface area contributed by atoms with Gasteiger partial charge in [0.2, 0.25) is 5.03 Å². The van der Waals surface area contributed by atoms with Crippen molar-refractivity contribution in [1.29, 1.82) is 0 Å². The highest BCUT2D eigenvalue weighted by Crippen LogP contribution is 2.13. The van der Waals surface area contributed by atoms with Crippen LogP contribution in [0.1, 0.15) is 26.2 Å². The van der Waals surface area contributed by atoms with Crippen LogP contribution in [-0.2, 0) is 10.0 Å². The number of halogens is 1. The Morgan fingerprint density at radius 1 is 1.47 bits per heavy atom. The zero-order valence-corrected chi connectivity index (χ0v) is 11.8. The Hall–Kier alpha value is -1.05. The van der Waals surface area contributed by atoms with Crippen LogP contribution in [0.25, 0.3) is 0 Å². The number of hydrogen-bond acceptors (Lipinski definition) is 4. The van der Waals surface area contributed by atoms with Gasteiger partial charge >= 0.3 is 0 Å². The normalized spacial score (nSPS) is 13.4. The van der Waals surface area contributed by atoms with E-state index < -0.39 is 20.9 Å². The highest BCUT2D eigenvalue weighted by Gasteiger charge is 2.21. The number of nitrogens with two attached hydrogens (primary N) is 1. The van der Waals surface area contributed by atoms with E-state index in [1.807, 2.05) is 6.92 Å². The van der Waals surface area contributed by atoms with Gasteiger partial charge in [0.15, 0.2) is 5.82 Å². The molecule has 5 nitrogen and oxygen atoms in total. The lowest BCUT2D eigenvalue weighted by atomic mass is 10.0. The molecule has 0 radical (unpaired) electrons. The number of hydrogen-bond donors (Lipinski definition) is 2. The van der Waals surface area contributed by atoms with Crippen LogP contribution >= 0.6 is 0 Å². The number of nitrogens with one attached hydrogen (secondary N) is 1. The van der Waals surface area contributed by atoms with E-state index in [2.05, 4.69) is 9.71 Å². The van der Waals surface area contributed by atoms with Gasteiger partial charge in [0.25, 0.3) is 10.0 Å². The summed E-state index contributed by atoms with van der Waals surface area (Å²) in [6.07, 6.45) is 3.82. The predicted molar refractivity (Wildman–Crippen MR) is 71.5 cm³/mol. The van der Waals surface area contributed by atoms with Crippen molar-refractivity contribution in [2.75, 3.05) is 13.1 Å². The first-order valence-electron chi connectivity index (χ1n) is 6.31. The van der Waals surface area contributed by atoms with E-state index in [4.69, 9.17) is 5.73 Å². The molecule has 0 spiro atoms. The SMILES string of the molecule is CCCC(CCN)CNS(=O)(=O)c1ncccc1F. The lowest BCUT2D eigenvalue weighted by Crippen LogP contribution is -2.31. The quantitative estimate of drug-likeness (QED) is 0.754. The molecule has 3 N–H and O–H groups in total. The summed E-state index contributed by atoms with van der Waals surface area (Å²) >= 11 is 0. The van der Waals surface area contributed by atoms with E-state index >= 15 is 0 Å². The minimum atomic E-state index is -3.90. The van der Waals surface area contributed by atoms with Crippen LogP contribution in [0.2, 0.25) is 0 Å². The molecule has 0 fully saturated rings. The zero-order valence-electron chi connectivity index (χ0n) is 11.0. The standard InChI is InChI=1S/C12H20FN3O2S/c1-2-4-10(6-7-14)9-16-19(17,18)12-11(13)5-3-8-15-12/h3,5,8,10,16H,2,4,6-7,9,14H2,1H3. The highest BCUT2D eigenvalue weighted by molar-refractivity contribution is 7.89. The molecule has 108 valence electrons. The lowest BCUT2D eigenvalue weighted by Gasteiger charge is -2.15. The summed E-state index contributed by atoms with van der Waals surface area (Å²) < 4.78 is 39.6. The molecule has 0 aliphatic rings. The molecule has 0 saturated carbocycles. The van der Waals surface area contributed by atoms with Crippen LogP contribution in [0.15, 0.2) is 23.4 Å². The van der Waals surface area contributed by atoms with E-state index in [1.165, 1.54) is 12.3 Å². The van der Waals surface area contributed by atoms with Gasteiger partial charge < -0.3 is 5.73 Å². The van der Waals surface area contributed by atoms with Crippen molar-refractivity contribution in [3.63, 3.8) is 0 Å². The third-order valence-electron chi connectivity index (χ3n) is 2.81. The third kappa shape index (κ3) is 4.85. The fraction of sp³-hybridized carbons (Fsp3) is 0.583. The molecule has 0 saturated heterocycles.